The number of piperidine rings is 1. The van der Waals surface area contributed by atoms with E-state index in [4.69, 9.17) is 16.0 Å². The van der Waals surface area contributed by atoms with Crippen molar-refractivity contribution >= 4 is 23.4 Å². The molecule has 0 N–H and O–H groups in total. The number of halogens is 1. The minimum atomic E-state index is 0.353. The highest BCUT2D eigenvalue weighted by atomic mass is 35.5. The summed E-state index contributed by atoms with van der Waals surface area (Å²) in [6.45, 7) is 5.40. The van der Waals surface area contributed by atoms with Crippen molar-refractivity contribution in [2.45, 2.75) is 30.3 Å². The van der Waals surface area contributed by atoms with E-state index in [9.17, 15) is 0 Å². The van der Waals surface area contributed by atoms with Crippen molar-refractivity contribution in [3.63, 3.8) is 0 Å². The lowest BCUT2D eigenvalue weighted by Gasteiger charge is -2.21. The van der Waals surface area contributed by atoms with Crippen molar-refractivity contribution in [1.82, 2.24) is 24.6 Å². The summed E-state index contributed by atoms with van der Waals surface area (Å²) in [4.78, 5) is 6.74. The van der Waals surface area contributed by atoms with E-state index in [0.29, 0.717) is 11.2 Å². The molecule has 0 spiro atoms. The first-order valence-electron chi connectivity index (χ1n) is 9.98. The fourth-order valence-corrected chi connectivity index (χ4v) is 5.63. The van der Waals surface area contributed by atoms with Crippen LogP contribution in [0.3, 0.4) is 0 Å². The van der Waals surface area contributed by atoms with Gasteiger partial charge < -0.3 is 13.9 Å². The lowest BCUT2D eigenvalue weighted by atomic mass is 9.95. The lowest BCUT2D eigenvalue weighted by Crippen LogP contribution is -2.27. The summed E-state index contributed by atoms with van der Waals surface area (Å²) >= 11 is 7.96. The molecule has 2 fully saturated rings. The lowest BCUT2D eigenvalue weighted by molar-refractivity contribution is 0.299. The summed E-state index contributed by atoms with van der Waals surface area (Å²) in [5.41, 5.74) is 2.60. The van der Waals surface area contributed by atoms with Crippen molar-refractivity contribution in [2.75, 3.05) is 25.4 Å². The van der Waals surface area contributed by atoms with Crippen LogP contribution in [-0.2, 0) is 12.5 Å². The van der Waals surface area contributed by atoms with Crippen LogP contribution >= 0.6 is 23.4 Å². The summed E-state index contributed by atoms with van der Waals surface area (Å²) < 4.78 is 7.43. The van der Waals surface area contributed by atoms with Crippen LogP contribution in [0.15, 0.2) is 40.2 Å². The molecule has 3 aromatic rings. The van der Waals surface area contributed by atoms with E-state index in [-0.39, 0.29) is 0 Å². The second-order valence-corrected chi connectivity index (χ2v) is 9.64. The molecule has 1 aliphatic carbocycles. The molecular formula is C21H24ClN5OS. The molecule has 6 nitrogen and oxygen atoms in total. The Kier molecular flexibility index (Phi) is 4.92. The molecule has 2 aliphatic rings. The zero-order valence-corrected chi connectivity index (χ0v) is 18.2. The number of fused-ring (bicyclic) bond motifs is 1. The van der Waals surface area contributed by atoms with E-state index in [1.165, 1.54) is 24.9 Å². The Hall–Kier alpha value is -1.83. The smallest absolute Gasteiger partial charge is 0.202 e. The molecule has 152 valence electrons. The molecule has 1 saturated heterocycles. The molecular weight excluding hydrogens is 406 g/mol. The number of likely N-dealkylation sites (tertiary alicyclic amines) is 1. The average Bonchev–Trinajstić information content (AvgIpc) is 3.01. The van der Waals surface area contributed by atoms with Gasteiger partial charge in [0.1, 0.15) is 0 Å². The number of rotatable bonds is 7. The second-order valence-electron chi connectivity index (χ2n) is 8.14. The number of oxazole rings is 1. The Morgan fingerprint density at radius 1 is 1.34 bits per heavy atom. The Labute approximate surface area is 179 Å². The first-order chi connectivity index (χ1) is 14.1. The zero-order chi connectivity index (χ0) is 20.0. The van der Waals surface area contributed by atoms with Gasteiger partial charge in [0.25, 0.3) is 0 Å². The highest BCUT2D eigenvalue weighted by molar-refractivity contribution is 7.99. The minimum absolute atomic E-state index is 0.353. The van der Waals surface area contributed by atoms with Crippen molar-refractivity contribution in [3.05, 3.63) is 46.9 Å². The molecule has 5 rings (SSSR count). The SMILES string of the molecule is Cc1ncoc1-c1nnc(SCCCN2C[C@@H]3C[C@]3(c3cccc(Cl)c3)C2)n1C. The van der Waals surface area contributed by atoms with E-state index in [0.717, 1.165) is 52.9 Å². The molecule has 2 aromatic heterocycles. The van der Waals surface area contributed by atoms with Gasteiger partial charge in [-0.3, -0.25) is 0 Å². The molecule has 3 heterocycles. The molecule has 1 aliphatic heterocycles. The molecule has 0 bridgehead atoms. The van der Waals surface area contributed by atoms with Crippen LogP contribution < -0.4 is 0 Å². The van der Waals surface area contributed by atoms with Crippen molar-refractivity contribution in [3.8, 4) is 11.6 Å². The van der Waals surface area contributed by atoms with Crippen LogP contribution in [0.25, 0.3) is 11.6 Å². The van der Waals surface area contributed by atoms with Gasteiger partial charge in [0, 0.05) is 36.3 Å². The first kappa shape index (κ1) is 19.2. The van der Waals surface area contributed by atoms with E-state index >= 15 is 0 Å². The highest BCUT2D eigenvalue weighted by Gasteiger charge is 2.60. The average molecular weight is 430 g/mol. The fourth-order valence-electron chi connectivity index (χ4n) is 4.61. The van der Waals surface area contributed by atoms with Gasteiger partial charge in [0.05, 0.1) is 5.69 Å². The first-order valence-corrected chi connectivity index (χ1v) is 11.3. The predicted molar refractivity (Wildman–Crippen MR) is 114 cm³/mol. The van der Waals surface area contributed by atoms with Crippen LogP contribution in [-0.4, -0.2) is 50.0 Å². The van der Waals surface area contributed by atoms with Gasteiger partial charge in [-0.25, -0.2) is 4.98 Å². The van der Waals surface area contributed by atoms with Crippen molar-refractivity contribution < 1.29 is 4.42 Å². The standard InChI is InChI=1S/C21H24ClN5OS/c1-14-18(28-13-23-14)19-24-25-20(26(19)2)29-8-4-7-27-11-16-10-21(16,12-27)15-5-3-6-17(22)9-15/h3,5-6,9,13,16H,4,7-8,10-12H2,1-2H3/t16-,21+/m0/s1. The molecule has 0 amide bonds. The van der Waals surface area contributed by atoms with Crippen LogP contribution in [0.4, 0.5) is 0 Å². The molecule has 8 heteroatoms. The Balaban J connectivity index is 1.13. The normalized spacial score (nSPS) is 23.5. The fraction of sp³-hybridized carbons (Fsp3) is 0.476. The largest absolute Gasteiger partial charge is 0.440 e. The second kappa shape index (κ2) is 7.45. The maximum absolute atomic E-state index is 6.22. The summed E-state index contributed by atoms with van der Waals surface area (Å²) in [6, 6.07) is 8.44. The number of hydrogen-bond donors (Lipinski definition) is 0. The van der Waals surface area contributed by atoms with Crippen molar-refractivity contribution in [2.24, 2.45) is 13.0 Å². The van der Waals surface area contributed by atoms with Crippen LogP contribution in [0.1, 0.15) is 24.1 Å². The number of thioether (sulfide) groups is 1. The molecule has 1 saturated carbocycles. The van der Waals surface area contributed by atoms with Gasteiger partial charge in [-0.2, -0.15) is 0 Å². The topological polar surface area (TPSA) is 60.0 Å². The predicted octanol–water partition coefficient (Wildman–Crippen LogP) is 4.19. The van der Waals surface area contributed by atoms with Crippen LogP contribution in [0.2, 0.25) is 5.02 Å². The number of hydrogen-bond acceptors (Lipinski definition) is 6. The van der Waals surface area contributed by atoms with Crippen LogP contribution in [0.5, 0.6) is 0 Å². The molecule has 2 atom stereocenters. The third-order valence-electron chi connectivity index (χ3n) is 6.25. The number of nitrogens with zero attached hydrogens (tertiary/aromatic N) is 5. The maximum Gasteiger partial charge on any atom is 0.202 e. The molecule has 0 radical (unpaired) electrons. The number of aromatic nitrogens is 4. The summed E-state index contributed by atoms with van der Waals surface area (Å²) in [5, 5.41) is 10.4. The summed E-state index contributed by atoms with van der Waals surface area (Å²) in [5.74, 6) is 3.23. The van der Waals surface area contributed by atoms with Gasteiger partial charge in [0.2, 0.25) is 5.82 Å². The Morgan fingerprint density at radius 2 is 2.24 bits per heavy atom. The van der Waals surface area contributed by atoms with Gasteiger partial charge in [0.15, 0.2) is 17.3 Å². The number of aryl methyl sites for hydroxylation is 1. The van der Waals surface area contributed by atoms with Gasteiger partial charge in [-0.1, -0.05) is 35.5 Å². The minimum Gasteiger partial charge on any atom is -0.440 e. The molecule has 0 unspecified atom stereocenters. The zero-order valence-electron chi connectivity index (χ0n) is 16.6. The maximum atomic E-state index is 6.22. The summed E-state index contributed by atoms with van der Waals surface area (Å²) in [7, 11) is 1.97. The third-order valence-corrected chi connectivity index (χ3v) is 7.59. The monoisotopic (exact) mass is 429 g/mol. The van der Waals surface area contributed by atoms with E-state index in [1.54, 1.807) is 11.8 Å². The van der Waals surface area contributed by atoms with Gasteiger partial charge in [-0.05, 0) is 49.9 Å². The van der Waals surface area contributed by atoms with E-state index in [2.05, 4.69) is 38.3 Å². The van der Waals surface area contributed by atoms with Crippen LogP contribution in [0, 0.1) is 12.8 Å². The molecule has 1 aromatic carbocycles. The van der Waals surface area contributed by atoms with Gasteiger partial charge in [-0.15, -0.1) is 10.2 Å². The quantitative estimate of drug-likeness (QED) is 0.414. The summed E-state index contributed by atoms with van der Waals surface area (Å²) in [6.07, 6.45) is 3.89. The highest BCUT2D eigenvalue weighted by Crippen LogP contribution is 2.59. The Morgan fingerprint density at radius 3 is 3.03 bits per heavy atom. The van der Waals surface area contributed by atoms with Gasteiger partial charge >= 0.3 is 0 Å². The Bertz CT molecular complexity index is 1030. The third kappa shape index (κ3) is 3.49. The van der Waals surface area contributed by atoms with E-state index < -0.39 is 0 Å². The number of benzene rings is 1. The van der Waals surface area contributed by atoms with E-state index in [1.807, 2.05) is 24.6 Å². The molecule has 29 heavy (non-hydrogen) atoms. The van der Waals surface area contributed by atoms with Crippen molar-refractivity contribution in [1.29, 1.82) is 0 Å².